The summed E-state index contributed by atoms with van der Waals surface area (Å²) in [5.41, 5.74) is 11.6. The summed E-state index contributed by atoms with van der Waals surface area (Å²) in [6.07, 6.45) is 3.25. The van der Waals surface area contributed by atoms with E-state index in [1.807, 2.05) is 12.1 Å². The predicted octanol–water partition coefficient (Wildman–Crippen LogP) is 0.417. The van der Waals surface area contributed by atoms with E-state index in [9.17, 15) is 4.79 Å². The molecule has 0 radical (unpaired) electrons. The maximum Gasteiger partial charge on any atom is 0.220 e. The minimum absolute atomic E-state index is 0.00265. The highest BCUT2D eigenvalue weighted by molar-refractivity contribution is 7.80. The molecule has 0 aliphatic carbocycles. The summed E-state index contributed by atoms with van der Waals surface area (Å²) >= 11 is 4.88. The Kier molecular flexibility index (Phi) is 3.76. The second-order valence-electron chi connectivity index (χ2n) is 4.43. The van der Waals surface area contributed by atoms with Crippen molar-refractivity contribution < 1.29 is 4.79 Å². The summed E-state index contributed by atoms with van der Waals surface area (Å²) in [6, 6.07) is 3.77. The number of rotatable bonds is 3. The molecule has 4 N–H and O–H groups in total. The number of carbonyl (C=O) groups excluding carboxylic acids is 1. The molecule has 2 rings (SSSR count). The van der Waals surface area contributed by atoms with Gasteiger partial charge in [-0.2, -0.15) is 0 Å². The monoisotopic (exact) mass is 264 g/mol. The van der Waals surface area contributed by atoms with Crippen LogP contribution >= 0.6 is 12.2 Å². The molecule has 5 nitrogen and oxygen atoms in total. The van der Waals surface area contributed by atoms with E-state index < -0.39 is 0 Å². The van der Waals surface area contributed by atoms with Gasteiger partial charge in [-0.1, -0.05) is 12.2 Å². The summed E-state index contributed by atoms with van der Waals surface area (Å²) in [5, 5.41) is 0. The van der Waals surface area contributed by atoms with Gasteiger partial charge in [0.1, 0.15) is 10.8 Å². The second-order valence-corrected chi connectivity index (χ2v) is 4.87. The fraction of sp³-hybridized carbons (Fsp3) is 0.417. The molecule has 2 heterocycles. The van der Waals surface area contributed by atoms with Crippen LogP contribution in [0.4, 0.5) is 5.82 Å². The third-order valence-electron chi connectivity index (χ3n) is 3.25. The lowest BCUT2D eigenvalue weighted by molar-refractivity contribution is -0.122. The number of hydrogen-bond acceptors (Lipinski definition) is 4. The van der Waals surface area contributed by atoms with Gasteiger partial charge in [-0.05, 0) is 25.0 Å². The summed E-state index contributed by atoms with van der Waals surface area (Å²) in [7, 11) is 0. The third-order valence-corrected chi connectivity index (χ3v) is 3.49. The van der Waals surface area contributed by atoms with Gasteiger partial charge in [0.15, 0.2) is 0 Å². The highest BCUT2D eigenvalue weighted by Gasteiger charge is 2.23. The number of thiocarbonyl (C=S) groups is 1. The van der Waals surface area contributed by atoms with Crippen LogP contribution in [0.1, 0.15) is 18.4 Å². The van der Waals surface area contributed by atoms with Gasteiger partial charge in [-0.15, -0.1) is 0 Å². The topological polar surface area (TPSA) is 85.2 Å². The Bertz CT molecular complexity index is 452. The van der Waals surface area contributed by atoms with Gasteiger partial charge in [0.2, 0.25) is 5.91 Å². The van der Waals surface area contributed by atoms with Crippen molar-refractivity contribution in [3.63, 3.8) is 0 Å². The Hall–Kier alpha value is -1.69. The molecule has 0 atom stereocenters. The number of pyridine rings is 1. The summed E-state index contributed by atoms with van der Waals surface area (Å²) in [5.74, 6) is 0.682. The van der Waals surface area contributed by atoms with Crippen LogP contribution in [0, 0.1) is 5.92 Å². The second kappa shape index (κ2) is 5.30. The zero-order valence-electron chi connectivity index (χ0n) is 10.0. The third kappa shape index (κ3) is 2.76. The highest BCUT2D eigenvalue weighted by Crippen LogP contribution is 2.21. The molecule has 0 aromatic carbocycles. The van der Waals surface area contributed by atoms with Crippen LogP contribution < -0.4 is 16.4 Å². The Balaban J connectivity index is 2.01. The van der Waals surface area contributed by atoms with E-state index in [2.05, 4.69) is 9.88 Å². The Morgan fingerprint density at radius 1 is 1.33 bits per heavy atom. The molecule has 1 aromatic rings. The lowest BCUT2D eigenvalue weighted by Gasteiger charge is -2.31. The number of anilines is 1. The summed E-state index contributed by atoms with van der Waals surface area (Å²) in [6.45, 7) is 1.60. The molecule has 1 saturated heterocycles. The standard InChI is InChI=1S/C12H16N4OS/c13-11(17)8-3-5-16(6-4-8)10-2-1-9(7-15-10)12(14)18/h1-2,7-8H,3-6H2,(H2,13,17)(H2,14,18). The van der Waals surface area contributed by atoms with Crippen LogP contribution in [-0.4, -0.2) is 29.0 Å². The first-order chi connectivity index (χ1) is 8.58. The SMILES string of the molecule is NC(=O)C1CCN(c2ccc(C(N)=S)cn2)CC1. The highest BCUT2D eigenvalue weighted by atomic mass is 32.1. The molecule has 6 heteroatoms. The number of aromatic nitrogens is 1. The number of piperidine rings is 1. The van der Waals surface area contributed by atoms with Crippen molar-refractivity contribution >= 4 is 28.9 Å². The van der Waals surface area contributed by atoms with Crippen molar-refractivity contribution in [1.29, 1.82) is 0 Å². The van der Waals surface area contributed by atoms with Gasteiger partial charge < -0.3 is 16.4 Å². The average Bonchev–Trinajstić information content (AvgIpc) is 2.39. The first kappa shape index (κ1) is 12.8. The minimum atomic E-state index is -0.202. The molecule has 0 spiro atoms. The van der Waals surface area contributed by atoms with Gasteiger partial charge >= 0.3 is 0 Å². The number of nitrogens with zero attached hydrogens (tertiary/aromatic N) is 2. The van der Waals surface area contributed by atoms with Gasteiger partial charge in [-0.25, -0.2) is 4.98 Å². The van der Waals surface area contributed by atoms with E-state index in [4.69, 9.17) is 23.7 Å². The Morgan fingerprint density at radius 3 is 2.44 bits per heavy atom. The lowest BCUT2D eigenvalue weighted by atomic mass is 9.96. The first-order valence-electron chi connectivity index (χ1n) is 5.88. The quantitative estimate of drug-likeness (QED) is 0.773. The molecule has 1 aromatic heterocycles. The number of carbonyl (C=O) groups is 1. The van der Waals surface area contributed by atoms with Crippen molar-refractivity contribution in [2.75, 3.05) is 18.0 Å². The molecule has 18 heavy (non-hydrogen) atoms. The Labute approximate surface area is 111 Å². The molecule has 0 unspecified atom stereocenters. The van der Waals surface area contributed by atoms with Crippen molar-refractivity contribution in [3.8, 4) is 0 Å². The van der Waals surface area contributed by atoms with E-state index in [1.165, 1.54) is 0 Å². The first-order valence-corrected chi connectivity index (χ1v) is 6.29. The van der Waals surface area contributed by atoms with Crippen LogP contribution in [0.5, 0.6) is 0 Å². The van der Waals surface area contributed by atoms with Crippen LogP contribution in [0.15, 0.2) is 18.3 Å². The Morgan fingerprint density at radius 2 is 2.00 bits per heavy atom. The average molecular weight is 264 g/mol. The molecule has 0 bridgehead atoms. The fourth-order valence-electron chi connectivity index (χ4n) is 2.11. The maximum absolute atomic E-state index is 11.1. The van der Waals surface area contributed by atoms with Gasteiger partial charge in [0, 0.05) is 30.8 Å². The normalized spacial score (nSPS) is 16.6. The van der Waals surface area contributed by atoms with Crippen LogP contribution in [-0.2, 0) is 4.79 Å². The molecule has 1 aliphatic rings. The molecule has 96 valence electrons. The van der Waals surface area contributed by atoms with E-state index in [1.54, 1.807) is 6.20 Å². The summed E-state index contributed by atoms with van der Waals surface area (Å²) in [4.78, 5) is 17.9. The molecular weight excluding hydrogens is 248 g/mol. The number of amides is 1. The van der Waals surface area contributed by atoms with Crippen molar-refractivity contribution in [2.24, 2.45) is 17.4 Å². The lowest BCUT2D eigenvalue weighted by Crippen LogP contribution is -2.38. The molecule has 1 fully saturated rings. The van der Waals surface area contributed by atoms with Crippen LogP contribution in [0.2, 0.25) is 0 Å². The largest absolute Gasteiger partial charge is 0.389 e. The minimum Gasteiger partial charge on any atom is -0.389 e. The molecule has 1 aliphatic heterocycles. The zero-order chi connectivity index (χ0) is 13.1. The van der Waals surface area contributed by atoms with Crippen molar-refractivity contribution in [1.82, 2.24) is 4.98 Å². The number of hydrogen-bond donors (Lipinski definition) is 2. The van der Waals surface area contributed by atoms with E-state index >= 15 is 0 Å². The van der Waals surface area contributed by atoms with Crippen molar-refractivity contribution in [2.45, 2.75) is 12.8 Å². The predicted molar refractivity (Wildman–Crippen MR) is 74.3 cm³/mol. The molecular formula is C12H16N4OS. The van der Waals surface area contributed by atoms with E-state index in [0.717, 1.165) is 37.3 Å². The van der Waals surface area contributed by atoms with Gasteiger partial charge in [-0.3, -0.25) is 4.79 Å². The van der Waals surface area contributed by atoms with E-state index in [0.29, 0.717) is 4.99 Å². The molecule has 0 saturated carbocycles. The van der Waals surface area contributed by atoms with Gasteiger partial charge in [0.25, 0.3) is 0 Å². The van der Waals surface area contributed by atoms with Crippen LogP contribution in [0.25, 0.3) is 0 Å². The fourth-order valence-corrected chi connectivity index (χ4v) is 2.23. The van der Waals surface area contributed by atoms with Crippen molar-refractivity contribution in [3.05, 3.63) is 23.9 Å². The number of nitrogens with two attached hydrogens (primary N) is 2. The van der Waals surface area contributed by atoms with E-state index in [-0.39, 0.29) is 11.8 Å². The smallest absolute Gasteiger partial charge is 0.220 e. The zero-order valence-corrected chi connectivity index (χ0v) is 10.8. The molecule has 1 amide bonds. The number of primary amides is 1. The van der Waals surface area contributed by atoms with Crippen LogP contribution in [0.3, 0.4) is 0 Å². The maximum atomic E-state index is 11.1. The summed E-state index contributed by atoms with van der Waals surface area (Å²) < 4.78 is 0. The van der Waals surface area contributed by atoms with Gasteiger partial charge in [0.05, 0.1) is 0 Å².